The third kappa shape index (κ3) is 10.6. The van der Waals surface area contributed by atoms with Crippen molar-refractivity contribution in [1.29, 1.82) is 15.8 Å². The molecule has 0 saturated heterocycles. The summed E-state index contributed by atoms with van der Waals surface area (Å²) in [6.45, 7) is 18.1. The van der Waals surface area contributed by atoms with Crippen LogP contribution in [0.2, 0.25) is 0 Å². The Morgan fingerprint density at radius 3 is 1.24 bits per heavy atom. The van der Waals surface area contributed by atoms with Crippen molar-refractivity contribution in [1.82, 2.24) is 0 Å². The first-order valence-electron chi connectivity index (χ1n) is 33.3. The van der Waals surface area contributed by atoms with E-state index in [1.165, 1.54) is 62.5 Å². The van der Waals surface area contributed by atoms with E-state index >= 15 is 0 Å². The summed E-state index contributed by atoms with van der Waals surface area (Å²) in [6, 6.07) is 60.6. The van der Waals surface area contributed by atoms with Crippen LogP contribution in [0.25, 0.3) is 57.1 Å². The van der Waals surface area contributed by atoms with Gasteiger partial charge in [-0.25, -0.2) is 10.1 Å². The Bertz CT molecular complexity index is 4720. The highest BCUT2D eigenvalue weighted by Gasteiger charge is 2.55. The summed E-state index contributed by atoms with van der Waals surface area (Å²) in [7, 11) is 0. The molecule has 0 radical (unpaired) electrons. The number of allylic oxidation sites excluding steroid dienone is 6. The molecule has 12 heteroatoms. The summed E-state index contributed by atoms with van der Waals surface area (Å²) in [6.07, 6.45) is 17.8. The Morgan fingerprint density at radius 1 is 0.469 bits per heavy atom. The number of thiophene rings is 4. The summed E-state index contributed by atoms with van der Waals surface area (Å²) in [4.78, 5) is 39.1. The average Bonchev–Trinajstić information content (AvgIpc) is 1.49. The largest absolute Gasteiger partial charge is 0.494 e. The standard InChI is InChI=1S/C84H68N4O4S4/c1-6-8-10-12-14-20-42-91-58-38-34-56(35-39-58)83(54-30-26-51(3)27-31-54)68-46-60(44-66-71(53(48-85)49-86)62-22-16-18-24-64(62)75(66)89)93-77(68)79-73(83)81-82(95-79)74-80(96-81)78-69(47-61(94-78)45-67-72(70(50-87)88-5)63-23-17-19-25-65(63)76(67)90)84(74,55-32-28-52(4)29-33-55)57-36-40-59(41-37-57)92-43-21-15-13-11-9-7-2/h16-19,22-41,44-47H,6-15,20-21,42-43H2,1-4H3/b66-44-,67-45-,72-70+. The maximum absolute atomic E-state index is 14.7. The Hall–Kier alpha value is -9.76. The quantitative estimate of drug-likeness (QED) is 0.0286. The van der Waals surface area contributed by atoms with E-state index in [0.717, 1.165) is 120 Å². The van der Waals surface area contributed by atoms with Crippen LogP contribution in [0.15, 0.2) is 180 Å². The summed E-state index contributed by atoms with van der Waals surface area (Å²) in [5.41, 5.74) is 12.4. The number of ether oxygens (including phenoxy) is 2. The third-order valence-corrected chi connectivity index (χ3v) is 24.5. The van der Waals surface area contributed by atoms with Crippen molar-refractivity contribution in [2.75, 3.05) is 13.2 Å². The van der Waals surface area contributed by atoms with Gasteiger partial charge in [-0.05, 0) is 120 Å². The molecule has 472 valence electrons. The molecule has 0 amide bonds. The highest BCUT2D eigenvalue weighted by molar-refractivity contribution is 7.34. The lowest BCUT2D eigenvalue weighted by Crippen LogP contribution is -2.28. The summed E-state index contributed by atoms with van der Waals surface area (Å²) < 4.78 is 15.4. The number of fused-ring (bicyclic) bond motifs is 11. The maximum atomic E-state index is 14.7. The molecule has 0 N–H and O–H groups in total. The van der Waals surface area contributed by atoms with Crippen molar-refractivity contribution in [2.45, 2.75) is 116 Å². The fraction of sp³-hybridized carbons (Fsp3) is 0.238. The zero-order chi connectivity index (χ0) is 66.2. The Balaban J connectivity index is 1.02. The lowest BCUT2D eigenvalue weighted by molar-refractivity contribution is 0.103. The molecule has 4 aromatic heterocycles. The van der Waals surface area contributed by atoms with Crippen LogP contribution in [0.1, 0.15) is 188 Å². The first kappa shape index (κ1) is 63.6. The Morgan fingerprint density at radius 2 is 0.844 bits per heavy atom. The normalized spacial score (nSPS) is 17.6. The number of hydrogen-bond acceptors (Lipinski definition) is 11. The molecule has 0 spiro atoms. The minimum Gasteiger partial charge on any atom is -0.494 e. The van der Waals surface area contributed by atoms with Gasteiger partial charge in [0, 0.05) is 54.3 Å². The number of carbonyl (C=O) groups is 2. The molecule has 2 unspecified atom stereocenters. The first-order chi connectivity index (χ1) is 47.0. The van der Waals surface area contributed by atoms with E-state index in [2.05, 4.69) is 160 Å². The number of unbranched alkanes of at least 4 members (excludes halogenated alkanes) is 10. The number of hydrogen-bond donors (Lipinski definition) is 0. The predicted octanol–water partition coefficient (Wildman–Crippen LogP) is 22.4. The van der Waals surface area contributed by atoms with Crippen molar-refractivity contribution in [3.8, 4) is 49.2 Å². The highest BCUT2D eigenvalue weighted by atomic mass is 32.1. The monoisotopic (exact) mass is 1320 g/mol. The molecule has 4 aliphatic rings. The predicted molar refractivity (Wildman–Crippen MR) is 392 cm³/mol. The zero-order valence-corrected chi connectivity index (χ0v) is 57.4. The third-order valence-electron chi connectivity index (χ3n) is 19.5. The van der Waals surface area contributed by atoms with Crippen LogP contribution < -0.4 is 9.47 Å². The first-order valence-corrected chi connectivity index (χ1v) is 36.6. The second kappa shape index (κ2) is 26.8. The SMILES string of the molecule is [C-]#[N+]/C(C#N)=C1/C(=C/c2cc3c(s2)-c2sc4c5c(sc4c2C3(c2ccc(C)cc2)c2ccc(OCCCCCCCC)cc2)-c2sc(/C=C3\C(=O)c4ccccc4C3=C(C#N)C#N)cc2C5(c2ccc(C)cc2)c2ccc(OCCCCCCCC)cc2)C(=O)c2ccccc21. The fourth-order valence-electron chi connectivity index (χ4n) is 14.9. The zero-order valence-electron chi connectivity index (χ0n) is 54.1. The average molecular weight is 1330 g/mol. The maximum Gasteiger partial charge on any atom is 0.270 e. The molecule has 0 fully saturated rings. The number of benzene rings is 6. The van der Waals surface area contributed by atoms with Crippen LogP contribution in [0.4, 0.5) is 0 Å². The van der Waals surface area contributed by atoms with E-state index < -0.39 is 10.8 Å². The van der Waals surface area contributed by atoms with Crippen molar-refractivity contribution in [3.63, 3.8) is 0 Å². The molecule has 14 rings (SSSR count). The number of ketones is 2. The van der Waals surface area contributed by atoms with E-state index in [4.69, 9.17) is 16.0 Å². The van der Waals surface area contributed by atoms with Crippen molar-refractivity contribution < 1.29 is 19.1 Å². The molecule has 0 bridgehead atoms. The van der Waals surface area contributed by atoms with Gasteiger partial charge in [0.15, 0.2) is 11.6 Å². The van der Waals surface area contributed by atoms with Gasteiger partial charge in [-0.15, -0.1) is 45.3 Å². The molecule has 8 nitrogen and oxygen atoms in total. The molecule has 0 aliphatic heterocycles. The molecular weight excluding hydrogens is 1260 g/mol. The van der Waals surface area contributed by atoms with Gasteiger partial charge in [0.1, 0.15) is 29.2 Å². The molecular formula is C84H68N4O4S4. The van der Waals surface area contributed by atoms with Crippen LogP contribution in [0, 0.1) is 54.4 Å². The molecule has 4 heterocycles. The second-order valence-electron chi connectivity index (χ2n) is 25.4. The van der Waals surface area contributed by atoms with E-state index in [0.29, 0.717) is 57.8 Å². The Kier molecular flexibility index (Phi) is 17.8. The van der Waals surface area contributed by atoms with Crippen molar-refractivity contribution in [2.24, 2.45) is 0 Å². The molecule has 10 aromatic rings. The molecule has 6 aromatic carbocycles. The molecule has 4 aliphatic carbocycles. The van der Waals surface area contributed by atoms with Gasteiger partial charge in [-0.3, -0.25) is 9.59 Å². The highest BCUT2D eigenvalue weighted by Crippen LogP contribution is 2.70. The minimum absolute atomic E-state index is 0.108. The van der Waals surface area contributed by atoms with Crippen LogP contribution in [-0.2, 0) is 10.8 Å². The van der Waals surface area contributed by atoms with Gasteiger partial charge >= 0.3 is 0 Å². The van der Waals surface area contributed by atoms with Crippen LogP contribution >= 0.6 is 45.3 Å². The van der Waals surface area contributed by atoms with E-state index in [-0.39, 0.29) is 22.8 Å². The second-order valence-corrected chi connectivity index (χ2v) is 29.6. The number of rotatable bonds is 22. The van der Waals surface area contributed by atoms with Crippen LogP contribution in [0.3, 0.4) is 0 Å². The topological polar surface area (TPSA) is 128 Å². The van der Waals surface area contributed by atoms with Gasteiger partial charge in [0.05, 0.1) is 65.6 Å². The van der Waals surface area contributed by atoms with Gasteiger partial charge < -0.3 is 9.47 Å². The van der Waals surface area contributed by atoms with Gasteiger partial charge in [-0.2, -0.15) is 10.5 Å². The van der Waals surface area contributed by atoms with Gasteiger partial charge in [-0.1, -0.05) is 211 Å². The number of aryl methyl sites for hydroxylation is 2. The lowest BCUT2D eigenvalue weighted by Gasteiger charge is -2.34. The molecule has 0 saturated carbocycles. The van der Waals surface area contributed by atoms with E-state index in [9.17, 15) is 25.4 Å². The number of nitrogens with zero attached hydrogens (tertiary/aromatic N) is 4. The fourth-order valence-corrected chi connectivity index (χ4v) is 20.6. The van der Waals surface area contributed by atoms with Crippen LogP contribution in [0.5, 0.6) is 11.5 Å². The van der Waals surface area contributed by atoms with Crippen molar-refractivity contribution in [3.05, 3.63) is 279 Å². The van der Waals surface area contributed by atoms with Gasteiger partial charge in [0.25, 0.3) is 5.70 Å². The summed E-state index contributed by atoms with van der Waals surface area (Å²) in [5, 5.41) is 31.3. The molecule has 96 heavy (non-hydrogen) atoms. The van der Waals surface area contributed by atoms with E-state index in [1.807, 2.05) is 71.2 Å². The minimum atomic E-state index is -0.913. The smallest absolute Gasteiger partial charge is 0.270 e. The lowest BCUT2D eigenvalue weighted by atomic mass is 9.67. The van der Waals surface area contributed by atoms with Gasteiger partial charge in [0.2, 0.25) is 0 Å². The van der Waals surface area contributed by atoms with E-state index in [1.54, 1.807) is 34.8 Å². The number of nitriles is 3. The number of Topliss-reactive ketones (excluding diaryl/α,β-unsaturated/α-hetero) is 2. The van der Waals surface area contributed by atoms with Crippen LogP contribution in [-0.4, -0.2) is 24.8 Å². The van der Waals surface area contributed by atoms with Crippen molar-refractivity contribution >= 4 is 89.6 Å². The molecule has 2 atom stereocenters. The summed E-state index contributed by atoms with van der Waals surface area (Å²) >= 11 is 6.90. The Labute approximate surface area is 577 Å². The summed E-state index contributed by atoms with van der Waals surface area (Å²) in [5.74, 6) is 1.16. The number of carbonyl (C=O) groups excluding carboxylic acids is 2.